The lowest BCUT2D eigenvalue weighted by molar-refractivity contribution is -0.136. The lowest BCUT2D eigenvalue weighted by atomic mass is 9.88. The highest BCUT2D eigenvalue weighted by Crippen LogP contribution is 2.32. The molecule has 3 rings (SSSR count). The molecule has 6 nitrogen and oxygen atoms in total. The molecule has 0 aliphatic heterocycles. The monoisotopic (exact) mass is 286 g/mol. The van der Waals surface area contributed by atoms with Gasteiger partial charge in [0.1, 0.15) is 0 Å². The highest BCUT2D eigenvalue weighted by Gasteiger charge is 2.23. The maximum atomic E-state index is 11.0. The van der Waals surface area contributed by atoms with Crippen LogP contribution in [0.3, 0.4) is 0 Å². The van der Waals surface area contributed by atoms with E-state index in [1.807, 2.05) is 24.3 Å². The van der Waals surface area contributed by atoms with Gasteiger partial charge in [-0.1, -0.05) is 37.5 Å². The number of rotatable bonds is 4. The highest BCUT2D eigenvalue weighted by molar-refractivity contribution is 5.71. The molecule has 1 aromatic heterocycles. The molecule has 0 bridgehead atoms. The number of hydrogen-bond acceptors (Lipinski definition) is 4. The lowest BCUT2D eigenvalue weighted by Crippen LogP contribution is -2.14. The van der Waals surface area contributed by atoms with Gasteiger partial charge in [0.2, 0.25) is 0 Å². The van der Waals surface area contributed by atoms with E-state index in [4.69, 9.17) is 5.11 Å². The molecule has 110 valence electrons. The largest absolute Gasteiger partial charge is 0.481 e. The highest BCUT2D eigenvalue weighted by atomic mass is 16.4. The second-order valence-corrected chi connectivity index (χ2v) is 5.48. The van der Waals surface area contributed by atoms with Gasteiger partial charge in [-0.3, -0.25) is 4.79 Å². The Balaban J connectivity index is 1.97. The van der Waals surface area contributed by atoms with Crippen molar-refractivity contribution in [2.45, 2.75) is 44.4 Å². The van der Waals surface area contributed by atoms with Gasteiger partial charge in [-0.2, -0.15) is 4.68 Å². The first-order chi connectivity index (χ1) is 10.3. The third-order valence-electron chi connectivity index (χ3n) is 4.03. The zero-order valence-corrected chi connectivity index (χ0v) is 11.8. The van der Waals surface area contributed by atoms with E-state index < -0.39 is 5.97 Å². The van der Waals surface area contributed by atoms with Crippen molar-refractivity contribution >= 4 is 5.97 Å². The number of aliphatic carboxylic acids is 1. The molecule has 1 aliphatic rings. The van der Waals surface area contributed by atoms with Crippen LogP contribution < -0.4 is 0 Å². The Morgan fingerprint density at radius 3 is 2.76 bits per heavy atom. The molecule has 1 aromatic carbocycles. The topological polar surface area (TPSA) is 80.9 Å². The van der Waals surface area contributed by atoms with Crippen LogP contribution in [-0.4, -0.2) is 31.3 Å². The van der Waals surface area contributed by atoms with Crippen molar-refractivity contribution in [2.24, 2.45) is 0 Å². The van der Waals surface area contributed by atoms with Crippen molar-refractivity contribution in [3.05, 3.63) is 35.7 Å². The average Bonchev–Trinajstić information content (AvgIpc) is 2.97. The van der Waals surface area contributed by atoms with E-state index in [0.29, 0.717) is 5.92 Å². The molecule has 1 heterocycles. The van der Waals surface area contributed by atoms with Gasteiger partial charge in [0.05, 0.1) is 12.1 Å². The number of carboxylic acids is 1. The van der Waals surface area contributed by atoms with Gasteiger partial charge in [-0.05, 0) is 34.9 Å². The summed E-state index contributed by atoms with van der Waals surface area (Å²) < 4.78 is 1.72. The minimum atomic E-state index is -0.852. The number of tetrazole rings is 1. The Labute approximate surface area is 122 Å². The summed E-state index contributed by atoms with van der Waals surface area (Å²) in [6.07, 6.45) is 5.85. The number of benzene rings is 1. The molecule has 0 radical (unpaired) electrons. The van der Waals surface area contributed by atoms with Gasteiger partial charge in [0.25, 0.3) is 0 Å². The van der Waals surface area contributed by atoms with Crippen LogP contribution >= 0.6 is 0 Å². The summed E-state index contributed by atoms with van der Waals surface area (Å²) in [7, 11) is 0. The molecule has 0 spiro atoms. The summed E-state index contributed by atoms with van der Waals surface area (Å²) in [6.45, 7) is 0. The normalized spacial score (nSPS) is 16.0. The summed E-state index contributed by atoms with van der Waals surface area (Å²) in [5.74, 6) is 0.369. The summed E-state index contributed by atoms with van der Waals surface area (Å²) in [6, 6.07) is 7.41. The van der Waals surface area contributed by atoms with E-state index >= 15 is 0 Å². The van der Waals surface area contributed by atoms with E-state index in [1.54, 1.807) is 4.68 Å². The van der Waals surface area contributed by atoms with E-state index in [2.05, 4.69) is 15.5 Å². The van der Waals surface area contributed by atoms with E-state index in [1.165, 1.54) is 19.3 Å². The first-order valence-corrected chi connectivity index (χ1v) is 7.34. The predicted octanol–water partition coefficient (Wildman–Crippen LogP) is 2.34. The number of para-hydroxylation sites is 1. The first-order valence-electron chi connectivity index (χ1n) is 7.34. The van der Waals surface area contributed by atoms with Crippen molar-refractivity contribution in [1.29, 1.82) is 0 Å². The van der Waals surface area contributed by atoms with Gasteiger partial charge in [-0.25, -0.2) is 0 Å². The second kappa shape index (κ2) is 6.03. The number of aromatic nitrogens is 4. The fourth-order valence-electron chi connectivity index (χ4n) is 3.01. The minimum Gasteiger partial charge on any atom is -0.481 e. The molecule has 1 fully saturated rings. The predicted molar refractivity (Wildman–Crippen MR) is 76.3 cm³/mol. The van der Waals surface area contributed by atoms with Gasteiger partial charge in [-0.15, -0.1) is 5.10 Å². The summed E-state index contributed by atoms with van der Waals surface area (Å²) >= 11 is 0. The molecule has 0 amide bonds. The Hall–Kier alpha value is -2.24. The van der Waals surface area contributed by atoms with Crippen LogP contribution in [0.4, 0.5) is 0 Å². The van der Waals surface area contributed by atoms with Crippen molar-refractivity contribution in [3.63, 3.8) is 0 Å². The van der Waals surface area contributed by atoms with Gasteiger partial charge in [0.15, 0.2) is 5.82 Å². The number of carboxylic acid groups (broad SMARTS) is 1. The van der Waals surface area contributed by atoms with Crippen LogP contribution in [0.1, 0.15) is 49.4 Å². The molecule has 0 saturated heterocycles. The minimum absolute atomic E-state index is 0.0276. The van der Waals surface area contributed by atoms with Crippen LogP contribution in [0.2, 0.25) is 0 Å². The van der Waals surface area contributed by atoms with Crippen LogP contribution in [0.25, 0.3) is 5.69 Å². The zero-order valence-electron chi connectivity index (χ0n) is 11.8. The molecule has 21 heavy (non-hydrogen) atoms. The van der Waals surface area contributed by atoms with E-state index in [-0.39, 0.29) is 6.42 Å². The molecular formula is C15H18N4O2. The van der Waals surface area contributed by atoms with Crippen molar-refractivity contribution in [2.75, 3.05) is 0 Å². The fourth-order valence-corrected chi connectivity index (χ4v) is 3.01. The Bertz CT molecular complexity index is 632. The molecule has 1 N–H and O–H groups in total. The smallest absolute Gasteiger partial charge is 0.307 e. The molecule has 0 unspecified atom stereocenters. The SMILES string of the molecule is O=C(O)Cc1ccccc1-n1nnnc1C1CCCCC1. The quantitative estimate of drug-likeness (QED) is 0.933. The number of carbonyl (C=O) groups is 1. The van der Waals surface area contributed by atoms with Gasteiger partial charge < -0.3 is 5.11 Å². The van der Waals surface area contributed by atoms with Crippen LogP contribution in [0, 0.1) is 0 Å². The maximum absolute atomic E-state index is 11.0. The molecule has 2 aromatic rings. The van der Waals surface area contributed by atoms with E-state index in [9.17, 15) is 4.79 Å². The standard InChI is InChI=1S/C15H18N4O2/c20-14(21)10-12-8-4-5-9-13(12)19-15(16-17-18-19)11-6-2-1-3-7-11/h4-5,8-9,11H,1-3,6-7,10H2,(H,20,21). The average molecular weight is 286 g/mol. The Morgan fingerprint density at radius 2 is 2.00 bits per heavy atom. The lowest BCUT2D eigenvalue weighted by Gasteiger charge is -2.21. The second-order valence-electron chi connectivity index (χ2n) is 5.48. The maximum Gasteiger partial charge on any atom is 0.307 e. The first kappa shape index (κ1) is 13.7. The number of hydrogen-bond donors (Lipinski definition) is 1. The third kappa shape index (κ3) is 2.94. The summed E-state index contributed by atoms with van der Waals surface area (Å²) in [4.78, 5) is 11.0. The third-order valence-corrected chi connectivity index (χ3v) is 4.03. The summed E-state index contributed by atoms with van der Waals surface area (Å²) in [5, 5.41) is 21.1. The van der Waals surface area contributed by atoms with Crippen molar-refractivity contribution in [3.8, 4) is 5.69 Å². The molecule has 1 aliphatic carbocycles. The van der Waals surface area contributed by atoms with Gasteiger partial charge >= 0.3 is 5.97 Å². The Morgan fingerprint density at radius 1 is 1.24 bits per heavy atom. The van der Waals surface area contributed by atoms with Crippen LogP contribution in [0.5, 0.6) is 0 Å². The summed E-state index contributed by atoms with van der Waals surface area (Å²) in [5.41, 5.74) is 1.50. The van der Waals surface area contributed by atoms with Gasteiger partial charge in [0, 0.05) is 5.92 Å². The fraction of sp³-hybridized carbons (Fsp3) is 0.467. The molecule has 1 saturated carbocycles. The van der Waals surface area contributed by atoms with Crippen molar-refractivity contribution in [1.82, 2.24) is 20.2 Å². The Kier molecular flexibility index (Phi) is 3.94. The van der Waals surface area contributed by atoms with E-state index in [0.717, 1.165) is 29.9 Å². The van der Waals surface area contributed by atoms with Crippen LogP contribution in [0.15, 0.2) is 24.3 Å². The van der Waals surface area contributed by atoms with Crippen molar-refractivity contribution < 1.29 is 9.90 Å². The zero-order chi connectivity index (χ0) is 14.7. The molecular weight excluding hydrogens is 268 g/mol. The molecule has 6 heteroatoms. The van der Waals surface area contributed by atoms with Crippen LogP contribution in [-0.2, 0) is 11.2 Å². The number of nitrogens with zero attached hydrogens (tertiary/aromatic N) is 4. The molecule has 0 atom stereocenters.